The Morgan fingerprint density at radius 1 is 1.14 bits per heavy atom. The van der Waals surface area contributed by atoms with Gasteiger partial charge in [-0.05, 0) is 42.7 Å². The van der Waals surface area contributed by atoms with Crippen molar-refractivity contribution in [3.8, 4) is 11.3 Å². The maximum Gasteiger partial charge on any atom is 0.303 e. The van der Waals surface area contributed by atoms with Crippen LogP contribution in [0.3, 0.4) is 0 Å². The van der Waals surface area contributed by atoms with Crippen LogP contribution in [0.1, 0.15) is 17.5 Å². The number of carboxylic acids is 1. The van der Waals surface area contributed by atoms with Crippen LogP contribution in [-0.4, -0.2) is 16.1 Å². The highest BCUT2D eigenvalue weighted by molar-refractivity contribution is 5.87. The first kappa shape index (κ1) is 13.4. The molecule has 0 saturated heterocycles. The van der Waals surface area contributed by atoms with Crippen molar-refractivity contribution < 1.29 is 9.90 Å². The number of carboxylic acid groups (broad SMARTS) is 1. The number of hydrogen-bond donors (Lipinski definition) is 2. The first-order valence-corrected chi connectivity index (χ1v) is 7.03. The lowest BCUT2D eigenvalue weighted by Crippen LogP contribution is -1.96. The second kappa shape index (κ2) is 5.44. The fourth-order valence-electron chi connectivity index (χ4n) is 2.61. The molecule has 1 heterocycles. The van der Waals surface area contributed by atoms with Crippen LogP contribution in [0.15, 0.2) is 48.5 Å². The van der Waals surface area contributed by atoms with Gasteiger partial charge in [-0.15, -0.1) is 0 Å². The summed E-state index contributed by atoms with van der Waals surface area (Å²) in [5, 5.41) is 9.89. The Morgan fingerprint density at radius 2 is 1.95 bits per heavy atom. The van der Waals surface area contributed by atoms with E-state index in [2.05, 4.69) is 36.2 Å². The summed E-state index contributed by atoms with van der Waals surface area (Å²) in [6.07, 6.45) is 0.733. The van der Waals surface area contributed by atoms with E-state index in [1.54, 1.807) is 0 Å². The summed E-state index contributed by atoms with van der Waals surface area (Å²) in [5.41, 5.74) is 5.65. The van der Waals surface area contributed by atoms with Gasteiger partial charge in [-0.2, -0.15) is 0 Å². The van der Waals surface area contributed by atoms with E-state index in [0.717, 1.165) is 22.2 Å². The Hall–Kier alpha value is -2.55. The van der Waals surface area contributed by atoms with E-state index in [4.69, 9.17) is 5.11 Å². The molecule has 0 aliphatic heterocycles. The number of hydrogen-bond acceptors (Lipinski definition) is 1. The molecule has 2 aromatic carbocycles. The van der Waals surface area contributed by atoms with Crippen molar-refractivity contribution >= 4 is 16.9 Å². The fraction of sp³-hybridized carbons (Fsp3) is 0.167. The molecule has 3 nitrogen and oxygen atoms in total. The Bertz CT molecular complexity index is 802. The number of aromatic amines is 1. The molecular weight excluding hydrogens is 262 g/mol. The maximum absolute atomic E-state index is 10.7. The molecule has 2 N–H and O–H groups in total. The second-order valence-electron chi connectivity index (χ2n) is 5.31. The first-order chi connectivity index (χ1) is 10.1. The number of benzene rings is 2. The smallest absolute Gasteiger partial charge is 0.303 e. The van der Waals surface area contributed by atoms with Crippen molar-refractivity contribution in [3.05, 3.63) is 59.7 Å². The van der Waals surface area contributed by atoms with Crippen molar-refractivity contribution in [1.29, 1.82) is 0 Å². The lowest BCUT2D eigenvalue weighted by molar-refractivity contribution is -0.136. The minimum Gasteiger partial charge on any atom is -0.481 e. The average Bonchev–Trinajstić information content (AvgIpc) is 2.88. The van der Waals surface area contributed by atoms with Crippen molar-refractivity contribution in [1.82, 2.24) is 4.98 Å². The van der Waals surface area contributed by atoms with Crippen LogP contribution < -0.4 is 0 Å². The average molecular weight is 279 g/mol. The van der Waals surface area contributed by atoms with Gasteiger partial charge in [-0.3, -0.25) is 4.79 Å². The molecule has 0 fully saturated rings. The molecule has 0 spiro atoms. The van der Waals surface area contributed by atoms with Gasteiger partial charge in [0.25, 0.3) is 0 Å². The molecule has 3 aromatic rings. The minimum absolute atomic E-state index is 0.167. The van der Waals surface area contributed by atoms with Gasteiger partial charge in [0.2, 0.25) is 0 Å². The fourth-order valence-corrected chi connectivity index (χ4v) is 2.61. The lowest BCUT2D eigenvalue weighted by Gasteiger charge is -2.01. The standard InChI is InChI=1S/C18H17NO2/c1-12-4-2-3-5-15(12)17-11-14-10-13(7-9-18(20)21)6-8-16(14)19-17/h2-6,8,10-11,19H,7,9H2,1H3,(H,20,21). The highest BCUT2D eigenvalue weighted by atomic mass is 16.4. The van der Waals surface area contributed by atoms with Crippen LogP contribution >= 0.6 is 0 Å². The molecule has 0 unspecified atom stereocenters. The van der Waals surface area contributed by atoms with Gasteiger partial charge in [0.05, 0.1) is 0 Å². The lowest BCUT2D eigenvalue weighted by atomic mass is 10.1. The molecule has 0 atom stereocenters. The number of aliphatic carboxylic acids is 1. The van der Waals surface area contributed by atoms with Crippen LogP contribution in [0, 0.1) is 6.92 Å². The van der Waals surface area contributed by atoms with Gasteiger partial charge in [0.1, 0.15) is 0 Å². The minimum atomic E-state index is -0.759. The predicted octanol–water partition coefficient (Wildman–Crippen LogP) is 4.16. The molecule has 0 bridgehead atoms. The van der Waals surface area contributed by atoms with Crippen molar-refractivity contribution in [3.63, 3.8) is 0 Å². The number of H-pyrrole nitrogens is 1. The third kappa shape index (κ3) is 2.82. The van der Waals surface area contributed by atoms with Gasteiger partial charge < -0.3 is 10.1 Å². The Morgan fingerprint density at radius 3 is 2.71 bits per heavy atom. The van der Waals surface area contributed by atoms with Gasteiger partial charge >= 0.3 is 5.97 Å². The zero-order valence-corrected chi connectivity index (χ0v) is 11.9. The molecule has 3 heteroatoms. The summed E-state index contributed by atoms with van der Waals surface area (Å²) in [7, 11) is 0. The summed E-state index contributed by atoms with van der Waals surface area (Å²) >= 11 is 0. The number of carbonyl (C=O) groups is 1. The maximum atomic E-state index is 10.7. The zero-order valence-electron chi connectivity index (χ0n) is 11.9. The normalized spacial score (nSPS) is 10.9. The van der Waals surface area contributed by atoms with Crippen molar-refractivity contribution in [2.45, 2.75) is 19.8 Å². The first-order valence-electron chi connectivity index (χ1n) is 7.03. The molecule has 3 rings (SSSR count). The predicted molar refractivity (Wildman–Crippen MR) is 84.4 cm³/mol. The molecular formula is C18H17NO2. The van der Waals surface area contributed by atoms with E-state index in [1.807, 2.05) is 24.3 Å². The molecule has 106 valence electrons. The highest BCUT2D eigenvalue weighted by Crippen LogP contribution is 2.27. The number of aromatic nitrogens is 1. The third-order valence-corrected chi connectivity index (χ3v) is 3.75. The summed E-state index contributed by atoms with van der Waals surface area (Å²) in [6, 6.07) is 16.5. The largest absolute Gasteiger partial charge is 0.481 e. The van der Waals surface area contributed by atoms with E-state index in [1.165, 1.54) is 11.1 Å². The molecule has 0 saturated carbocycles. The summed E-state index contributed by atoms with van der Waals surface area (Å²) in [6.45, 7) is 2.10. The summed E-state index contributed by atoms with van der Waals surface area (Å²) in [5.74, 6) is -0.759. The van der Waals surface area contributed by atoms with E-state index >= 15 is 0 Å². The summed E-state index contributed by atoms with van der Waals surface area (Å²) in [4.78, 5) is 14.1. The second-order valence-corrected chi connectivity index (χ2v) is 5.31. The van der Waals surface area contributed by atoms with Crippen LogP contribution in [0.5, 0.6) is 0 Å². The monoisotopic (exact) mass is 279 g/mol. The van der Waals surface area contributed by atoms with E-state index < -0.39 is 5.97 Å². The Kier molecular flexibility index (Phi) is 3.48. The van der Waals surface area contributed by atoms with Crippen LogP contribution in [-0.2, 0) is 11.2 Å². The molecule has 0 amide bonds. The van der Waals surface area contributed by atoms with E-state index in [0.29, 0.717) is 6.42 Å². The van der Waals surface area contributed by atoms with Gasteiger partial charge in [-0.25, -0.2) is 0 Å². The molecule has 1 aromatic heterocycles. The van der Waals surface area contributed by atoms with Gasteiger partial charge in [-0.1, -0.05) is 30.3 Å². The molecule has 0 aliphatic rings. The zero-order chi connectivity index (χ0) is 14.8. The number of fused-ring (bicyclic) bond motifs is 1. The van der Waals surface area contributed by atoms with Crippen LogP contribution in [0.2, 0.25) is 0 Å². The van der Waals surface area contributed by atoms with Crippen molar-refractivity contribution in [2.75, 3.05) is 0 Å². The summed E-state index contributed by atoms with van der Waals surface area (Å²) < 4.78 is 0. The Labute approximate surface area is 123 Å². The SMILES string of the molecule is Cc1ccccc1-c1cc2cc(CCC(=O)O)ccc2[nH]1. The van der Waals surface area contributed by atoms with E-state index in [9.17, 15) is 4.79 Å². The van der Waals surface area contributed by atoms with Crippen LogP contribution in [0.4, 0.5) is 0 Å². The number of rotatable bonds is 4. The molecule has 21 heavy (non-hydrogen) atoms. The quantitative estimate of drug-likeness (QED) is 0.753. The molecule has 0 radical (unpaired) electrons. The third-order valence-electron chi connectivity index (χ3n) is 3.75. The van der Waals surface area contributed by atoms with Gasteiger partial charge in [0.15, 0.2) is 0 Å². The van der Waals surface area contributed by atoms with Crippen LogP contribution in [0.25, 0.3) is 22.2 Å². The number of nitrogens with one attached hydrogen (secondary N) is 1. The van der Waals surface area contributed by atoms with E-state index in [-0.39, 0.29) is 6.42 Å². The Balaban J connectivity index is 1.97. The number of aryl methyl sites for hydroxylation is 2. The topological polar surface area (TPSA) is 53.1 Å². The molecule has 0 aliphatic carbocycles. The van der Waals surface area contributed by atoms with Crippen molar-refractivity contribution in [2.24, 2.45) is 0 Å². The van der Waals surface area contributed by atoms with Gasteiger partial charge in [0, 0.05) is 28.6 Å². The highest BCUT2D eigenvalue weighted by Gasteiger charge is 2.07.